The van der Waals surface area contributed by atoms with Gasteiger partial charge in [0.15, 0.2) is 6.61 Å². The first kappa shape index (κ1) is 20.9. The van der Waals surface area contributed by atoms with Gasteiger partial charge in [-0.25, -0.2) is 0 Å². The predicted molar refractivity (Wildman–Crippen MR) is 114 cm³/mol. The first-order chi connectivity index (χ1) is 13.9. The van der Waals surface area contributed by atoms with Gasteiger partial charge in [-0.3, -0.25) is 9.59 Å². The van der Waals surface area contributed by atoms with Crippen molar-refractivity contribution in [3.8, 4) is 5.75 Å². The van der Waals surface area contributed by atoms with Gasteiger partial charge in [0.2, 0.25) is 5.91 Å². The summed E-state index contributed by atoms with van der Waals surface area (Å²) in [5.74, 6) is 0.657. The van der Waals surface area contributed by atoms with Gasteiger partial charge in [0, 0.05) is 12.5 Å². The highest BCUT2D eigenvalue weighted by Gasteiger charge is 2.28. The fourth-order valence-electron chi connectivity index (χ4n) is 3.36. The van der Waals surface area contributed by atoms with E-state index in [1.54, 1.807) is 0 Å². The van der Waals surface area contributed by atoms with Gasteiger partial charge in [-0.05, 0) is 54.5 Å². The first-order valence-electron chi connectivity index (χ1n) is 10.3. The summed E-state index contributed by atoms with van der Waals surface area (Å²) in [7, 11) is 0. The number of rotatable bonds is 9. The topological polar surface area (TPSA) is 67.4 Å². The van der Waals surface area contributed by atoms with Crippen molar-refractivity contribution in [3.05, 3.63) is 65.2 Å². The molecule has 1 aliphatic carbocycles. The number of amides is 2. The molecule has 29 heavy (non-hydrogen) atoms. The van der Waals surface area contributed by atoms with Crippen molar-refractivity contribution in [3.63, 3.8) is 0 Å². The van der Waals surface area contributed by atoms with Crippen molar-refractivity contribution in [2.75, 3.05) is 6.61 Å². The third kappa shape index (κ3) is 6.34. The highest BCUT2D eigenvalue weighted by atomic mass is 16.5. The van der Waals surface area contributed by atoms with Crippen LogP contribution in [0.15, 0.2) is 48.5 Å². The fourth-order valence-corrected chi connectivity index (χ4v) is 3.36. The Morgan fingerprint density at radius 3 is 2.45 bits per heavy atom. The van der Waals surface area contributed by atoms with Crippen LogP contribution < -0.4 is 15.4 Å². The minimum Gasteiger partial charge on any atom is -0.484 e. The van der Waals surface area contributed by atoms with Crippen LogP contribution in [0.25, 0.3) is 0 Å². The molecule has 0 bridgehead atoms. The van der Waals surface area contributed by atoms with E-state index in [-0.39, 0.29) is 24.5 Å². The van der Waals surface area contributed by atoms with Crippen molar-refractivity contribution < 1.29 is 14.3 Å². The van der Waals surface area contributed by atoms with E-state index in [1.165, 1.54) is 5.56 Å². The number of carbonyl (C=O) groups is 2. The van der Waals surface area contributed by atoms with E-state index < -0.39 is 6.04 Å². The Balaban J connectivity index is 1.58. The Kier molecular flexibility index (Phi) is 6.91. The molecule has 1 atom stereocenters. The lowest BCUT2D eigenvalue weighted by Crippen LogP contribution is -2.49. The molecule has 2 amide bonds. The summed E-state index contributed by atoms with van der Waals surface area (Å²) in [4.78, 5) is 25.1. The van der Waals surface area contributed by atoms with E-state index in [4.69, 9.17) is 4.74 Å². The van der Waals surface area contributed by atoms with Crippen molar-refractivity contribution in [1.29, 1.82) is 0 Å². The van der Waals surface area contributed by atoms with Crippen LogP contribution in [0.5, 0.6) is 5.75 Å². The average molecular weight is 395 g/mol. The van der Waals surface area contributed by atoms with Crippen molar-refractivity contribution in [2.45, 2.75) is 58.0 Å². The van der Waals surface area contributed by atoms with Gasteiger partial charge in [0.25, 0.3) is 5.91 Å². The first-order valence-corrected chi connectivity index (χ1v) is 10.3. The van der Waals surface area contributed by atoms with Gasteiger partial charge in [-0.15, -0.1) is 0 Å². The molecule has 5 nitrogen and oxygen atoms in total. The smallest absolute Gasteiger partial charge is 0.258 e. The second-order valence-electron chi connectivity index (χ2n) is 8.05. The van der Waals surface area contributed by atoms with E-state index in [0.29, 0.717) is 18.1 Å². The lowest BCUT2D eigenvalue weighted by atomic mass is 9.98. The molecule has 0 radical (unpaired) electrons. The average Bonchev–Trinajstić information content (AvgIpc) is 3.50. The summed E-state index contributed by atoms with van der Waals surface area (Å²) in [6.45, 7) is 6.22. The minimum absolute atomic E-state index is 0.123. The molecule has 3 rings (SSSR count). The summed E-state index contributed by atoms with van der Waals surface area (Å²) in [5.41, 5.74) is 3.41. The second-order valence-corrected chi connectivity index (χ2v) is 8.05. The molecule has 154 valence electrons. The summed E-state index contributed by atoms with van der Waals surface area (Å²) >= 11 is 0. The van der Waals surface area contributed by atoms with Crippen LogP contribution in [-0.4, -0.2) is 30.5 Å². The van der Waals surface area contributed by atoms with E-state index >= 15 is 0 Å². The largest absolute Gasteiger partial charge is 0.484 e. The highest BCUT2D eigenvalue weighted by Crippen LogP contribution is 2.23. The number of ether oxygens (including phenoxy) is 1. The standard InChI is InChI=1S/C24H30N2O3/c1-16(2)21-12-11-20(13-17(21)3)29-15-23(27)26-22(24(28)25-19-9-10-19)14-18-7-5-4-6-8-18/h4-8,11-13,16,19,22H,9-10,14-15H2,1-3H3,(H,25,28)(H,26,27). The zero-order valence-electron chi connectivity index (χ0n) is 17.4. The molecule has 2 aromatic carbocycles. The number of hydrogen-bond donors (Lipinski definition) is 2. The van der Waals surface area contributed by atoms with Gasteiger partial charge < -0.3 is 15.4 Å². The zero-order valence-corrected chi connectivity index (χ0v) is 17.4. The quantitative estimate of drug-likeness (QED) is 0.684. The summed E-state index contributed by atoms with van der Waals surface area (Å²) in [6.07, 6.45) is 2.46. The van der Waals surface area contributed by atoms with Gasteiger partial charge in [-0.1, -0.05) is 50.2 Å². The number of benzene rings is 2. The van der Waals surface area contributed by atoms with Crippen molar-refractivity contribution in [2.24, 2.45) is 0 Å². The monoisotopic (exact) mass is 394 g/mol. The van der Waals surface area contributed by atoms with E-state index in [1.807, 2.05) is 55.5 Å². The lowest BCUT2D eigenvalue weighted by molar-refractivity contribution is -0.130. The Morgan fingerprint density at radius 2 is 1.83 bits per heavy atom. The van der Waals surface area contributed by atoms with Crippen LogP contribution >= 0.6 is 0 Å². The van der Waals surface area contributed by atoms with Crippen LogP contribution in [-0.2, 0) is 16.0 Å². The Labute approximate surface area is 172 Å². The SMILES string of the molecule is Cc1cc(OCC(=O)NC(Cc2ccccc2)C(=O)NC2CC2)ccc1C(C)C. The molecule has 2 N–H and O–H groups in total. The fraction of sp³-hybridized carbons (Fsp3) is 0.417. The maximum Gasteiger partial charge on any atom is 0.258 e. The van der Waals surface area contributed by atoms with Crippen molar-refractivity contribution >= 4 is 11.8 Å². The molecule has 0 aliphatic heterocycles. The van der Waals surface area contributed by atoms with Gasteiger partial charge >= 0.3 is 0 Å². The molecule has 2 aromatic rings. The third-order valence-corrected chi connectivity index (χ3v) is 5.09. The normalized spacial score (nSPS) is 14.3. The number of aryl methyl sites for hydroxylation is 1. The molecule has 0 saturated heterocycles. The number of carbonyl (C=O) groups excluding carboxylic acids is 2. The molecule has 1 aliphatic rings. The van der Waals surface area contributed by atoms with Crippen LogP contribution in [0.3, 0.4) is 0 Å². The molecule has 1 fully saturated rings. The van der Waals surface area contributed by atoms with Crippen LogP contribution in [0.4, 0.5) is 0 Å². The molecule has 1 saturated carbocycles. The minimum atomic E-state index is -0.612. The van der Waals surface area contributed by atoms with Crippen molar-refractivity contribution in [1.82, 2.24) is 10.6 Å². The van der Waals surface area contributed by atoms with Crippen LogP contribution in [0.2, 0.25) is 0 Å². The Bertz CT molecular complexity index is 844. The van der Waals surface area contributed by atoms with E-state index in [2.05, 4.69) is 24.5 Å². The Hall–Kier alpha value is -2.82. The highest BCUT2D eigenvalue weighted by molar-refractivity contribution is 5.88. The molecule has 0 heterocycles. The number of hydrogen-bond acceptors (Lipinski definition) is 3. The molecule has 5 heteroatoms. The van der Waals surface area contributed by atoms with Gasteiger partial charge in [0.05, 0.1) is 0 Å². The van der Waals surface area contributed by atoms with E-state index in [9.17, 15) is 9.59 Å². The molecular weight excluding hydrogens is 364 g/mol. The maximum atomic E-state index is 12.6. The summed E-state index contributed by atoms with van der Waals surface area (Å²) in [6, 6.07) is 15.2. The maximum absolute atomic E-state index is 12.6. The zero-order chi connectivity index (χ0) is 20.8. The third-order valence-electron chi connectivity index (χ3n) is 5.09. The molecule has 0 spiro atoms. The summed E-state index contributed by atoms with van der Waals surface area (Å²) < 4.78 is 5.66. The molecular formula is C24H30N2O3. The van der Waals surface area contributed by atoms with Gasteiger partial charge in [-0.2, -0.15) is 0 Å². The lowest BCUT2D eigenvalue weighted by Gasteiger charge is -2.19. The number of nitrogens with one attached hydrogen (secondary N) is 2. The molecule has 1 unspecified atom stereocenters. The Morgan fingerprint density at radius 1 is 1.10 bits per heavy atom. The predicted octanol–water partition coefficient (Wildman–Crippen LogP) is 3.50. The second kappa shape index (κ2) is 9.59. The van der Waals surface area contributed by atoms with Crippen LogP contribution in [0.1, 0.15) is 49.3 Å². The molecule has 0 aromatic heterocycles. The van der Waals surface area contributed by atoms with Crippen LogP contribution in [0, 0.1) is 6.92 Å². The summed E-state index contributed by atoms with van der Waals surface area (Å²) in [5, 5.41) is 5.82. The van der Waals surface area contributed by atoms with Gasteiger partial charge in [0.1, 0.15) is 11.8 Å². The van der Waals surface area contributed by atoms with E-state index in [0.717, 1.165) is 24.0 Å².